The van der Waals surface area contributed by atoms with Gasteiger partial charge in [-0.1, -0.05) is 65.3 Å². The highest BCUT2D eigenvalue weighted by Gasteiger charge is 2.17. The first-order valence-corrected chi connectivity index (χ1v) is 11.4. The van der Waals surface area contributed by atoms with Crippen molar-refractivity contribution < 1.29 is 9.59 Å². The van der Waals surface area contributed by atoms with Gasteiger partial charge in [0, 0.05) is 12.2 Å². The Morgan fingerprint density at radius 2 is 1.78 bits per heavy atom. The number of thioether (sulfide) groups is 1. The largest absolute Gasteiger partial charge is 0.325 e. The van der Waals surface area contributed by atoms with E-state index in [1.807, 2.05) is 31.2 Å². The highest BCUT2D eigenvalue weighted by molar-refractivity contribution is 7.99. The maximum atomic E-state index is 12.5. The molecule has 166 valence electrons. The van der Waals surface area contributed by atoms with E-state index in [1.165, 1.54) is 11.8 Å². The number of aryl methyl sites for hydroxylation is 1. The summed E-state index contributed by atoms with van der Waals surface area (Å²) in [6.45, 7) is 6.08. The molecule has 0 fully saturated rings. The Bertz CT molecular complexity index is 1150. The molecule has 0 saturated heterocycles. The predicted octanol–water partition coefficient (Wildman–Crippen LogP) is 4.99. The van der Waals surface area contributed by atoms with Crippen LogP contribution in [0.5, 0.6) is 0 Å². The topological polar surface area (TPSA) is 88.9 Å². The van der Waals surface area contributed by atoms with Crippen LogP contribution < -0.4 is 10.6 Å². The third kappa shape index (κ3) is 6.12. The second kappa shape index (κ2) is 11.2. The van der Waals surface area contributed by atoms with Crippen molar-refractivity contribution in [1.82, 2.24) is 14.8 Å². The van der Waals surface area contributed by atoms with Crippen LogP contribution in [0.2, 0.25) is 10.0 Å². The van der Waals surface area contributed by atoms with Gasteiger partial charge >= 0.3 is 0 Å². The van der Waals surface area contributed by atoms with Crippen molar-refractivity contribution in [1.29, 1.82) is 0 Å². The number of nitrogens with zero attached hydrogens (tertiary/aromatic N) is 3. The molecule has 32 heavy (non-hydrogen) atoms. The number of hydrogen-bond acceptors (Lipinski definition) is 5. The highest BCUT2D eigenvalue weighted by atomic mass is 35.5. The smallest absolute Gasteiger partial charge is 0.234 e. The van der Waals surface area contributed by atoms with Crippen molar-refractivity contribution in [3.63, 3.8) is 0 Å². The molecule has 0 bridgehead atoms. The van der Waals surface area contributed by atoms with Gasteiger partial charge in [0.1, 0.15) is 5.82 Å². The molecule has 2 aromatic carbocycles. The first-order valence-electron chi connectivity index (χ1n) is 9.64. The molecule has 2 amide bonds. The van der Waals surface area contributed by atoms with E-state index in [9.17, 15) is 9.59 Å². The number of allylic oxidation sites excluding steroid dienone is 1. The van der Waals surface area contributed by atoms with Gasteiger partial charge in [0.25, 0.3) is 0 Å². The maximum Gasteiger partial charge on any atom is 0.234 e. The number of amides is 2. The predicted molar refractivity (Wildman–Crippen MR) is 130 cm³/mol. The van der Waals surface area contributed by atoms with Gasteiger partial charge in [0.2, 0.25) is 11.8 Å². The third-order valence-electron chi connectivity index (χ3n) is 4.40. The molecular weight excluding hydrogens is 469 g/mol. The summed E-state index contributed by atoms with van der Waals surface area (Å²) in [5, 5.41) is 15.0. The zero-order valence-electron chi connectivity index (χ0n) is 17.3. The minimum absolute atomic E-state index is 0.0417. The number of nitrogens with one attached hydrogen (secondary N) is 2. The van der Waals surface area contributed by atoms with Crippen LogP contribution >= 0.6 is 35.0 Å². The summed E-state index contributed by atoms with van der Waals surface area (Å²) < 4.78 is 1.76. The first-order chi connectivity index (χ1) is 15.4. The van der Waals surface area contributed by atoms with Gasteiger partial charge in [-0.3, -0.25) is 9.59 Å². The molecule has 0 aliphatic heterocycles. The van der Waals surface area contributed by atoms with Crippen molar-refractivity contribution >= 4 is 58.2 Å². The van der Waals surface area contributed by atoms with E-state index in [2.05, 4.69) is 27.4 Å². The molecule has 3 rings (SSSR count). The highest BCUT2D eigenvalue weighted by Crippen LogP contribution is 2.29. The van der Waals surface area contributed by atoms with Gasteiger partial charge in [0.15, 0.2) is 5.16 Å². The van der Waals surface area contributed by atoms with Crippen molar-refractivity contribution in [2.75, 3.05) is 16.4 Å². The van der Waals surface area contributed by atoms with Crippen LogP contribution in [0.25, 0.3) is 0 Å². The maximum absolute atomic E-state index is 12.5. The summed E-state index contributed by atoms with van der Waals surface area (Å²) in [6.07, 6.45) is 1.72. The molecule has 0 aliphatic rings. The van der Waals surface area contributed by atoms with E-state index < -0.39 is 0 Å². The lowest BCUT2D eigenvalue weighted by Gasteiger charge is -2.10. The Labute approximate surface area is 200 Å². The average molecular weight is 490 g/mol. The number of halogens is 2. The number of aromatic nitrogens is 3. The molecule has 7 nitrogen and oxygen atoms in total. The van der Waals surface area contributed by atoms with Gasteiger partial charge in [-0.15, -0.1) is 16.8 Å². The lowest BCUT2D eigenvalue weighted by molar-refractivity contribution is -0.116. The van der Waals surface area contributed by atoms with Gasteiger partial charge in [-0.05, 0) is 30.7 Å². The van der Waals surface area contributed by atoms with E-state index in [0.717, 1.165) is 11.3 Å². The summed E-state index contributed by atoms with van der Waals surface area (Å²) in [5.74, 6) is 0.0814. The molecule has 0 unspecified atom stereocenters. The van der Waals surface area contributed by atoms with Gasteiger partial charge in [0.05, 0.1) is 27.9 Å². The van der Waals surface area contributed by atoms with Crippen molar-refractivity contribution in [2.45, 2.75) is 25.0 Å². The van der Waals surface area contributed by atoms with Crippen LogP contribution in [0.15, 0.2) is 60.3 Å². The zero-order chi connectivity index (χ0) is 23.1. The van der Waals surface area contributed by atoms with Crippen molar-refractivity contribution in [2.24, 2.45) is 0 Å². The fourth-order valence-electron chi connectivity index (χ4n) is 2.84. The summed E-state index contributed by atoms with van der Waals surface area (Å²) in [7, 11) is 0. The third-order valence-corrected chi connectivity index (χ3v) is 6.19. The van der Waals surface area contributed by atoms with E-state index in [4.69, 9.17) is 23.2 Å². The molecule has 0 radical (unpaired) electrons. The monoisotopic (exact) mass is 489 g/mol. The Balaban J connectivity index is 1.64. The lowest BCUT2D eigenvalue weighted by atomic mass is 10.2. The molecule has 0 saturated carbocycles. The Morgan fingerprint density at radius 1 is 1.06 bits per heavy atom. The number of carbonyl (C=O) groups excluding carboxylic acids is 2. The van der Waals surface area contributed by atoms with E-state index >= 15 is 0 Å². The molecule has 10 heteroatoms. The van der Waals surface area contributed by atoms with Crippen LogP contribution in [0.4, 0.5) is 11.4 Å². The Morgan fingerprint density at radius 3 is 2.53 bits per heavy atom. The Hall–Kier alpha value is -2.81. The van der Waals surface area contributed by atoms with E-state index in [0.29, 0.717) is 28.2 Å². The molecule has 3 aromatic rings. The van der Waals surface area contributed by atoms with Crippen LogP contribution in [-0.4, -0.2) is 32.3 Å². The molecule has 1 heterocycles. The standard InChI is InChI=1S/C22H21Cl2N5O2S/c1-3-11-29-18(12-19(30)25-16-9-5-4-7-14(16)2)27-28-22(29)32-13-20(31)26-17-10-6-8-15(23)21(17)24/h3-10H,1,11-13H2,2H3,(H,25,30)(H,26,31). The second-order valence-corrected chi connectivity index (χ2v) is 8.50. The fraction of sp³-hybridized carbons (Fsp3) is 0.182. The van der Waals surface area contributed by atoms with Crippen LogP contribution in [-0.2, 0) is 22.6 Å². The SMILES string of the molecule is C=CCn1c(CC(=O)Nc2ccccc2C)nnc1SCC(=O)Nc1cccc(Cl)c1Cl. The van der Waals surface area contributed by atoms with Crippen molar-refractivity contribution in [3.05, 3.63) is 76.6 Å². The van der Waals surface area contributed by atoms with Crippen LogP contribution in [0.1, 0.15) is 11.4 Å². The normalized spacial score (nSPS) is 10.6. The van der Waals surface area contributed by atoms with Gasteiger partial charge in [-0.2, -0.15) is 0 Å². The number of carbonyl (C=O) groups is 2. The summed E-state index contributed by atoms with van der Waals surface area (Å²) in [6, 6.07) is 12.5. The number of anilines is 2. The fourth-order valence-corrected chi connectivity index (χ4v) is 3.95. The summed E-state index contributed by atoms with van der Waals surface area (Å²) in [5.41, 5.74) is 2.15. The summed E-state index contributed by atoms with van der Waals surface area (Å²) >= 11 is 13.3. The van der Waals surface area contributed by atoms with Gasteiger partial charge in [-0.25, -0.2) is 0 Å². The van der Waals surface area contributed by atoms with Crippen molar-refractivity contribution in [3.8, 4) is 0 Å². The molecule has 1 aromatic heterocycles. The molecule has 0 aliphatic carbocycles. The van der Waals surface area contributed by atoms with E-state index in [1.54, 1.807) is 28.8 Å². The minimum Gasteiger partial charge on any atom is -0.325 e. The number of para-hydroxylation sites is 1. The van der Waals surface area contributed by atoms with Crippen LogP contribution in [0.3, 0.4) is 0 Å². The number of rotatable bonds is 9. The quantitative estimate of drug-likeness (QED) is 0.326. The molecule has 0 atom stereocenters. The zero-order valence-corrected chi connectivity index (χ0v) is 19.6. The van der Waals surface area contributed by atoms with E-state index in [-0.39, 0.29) is 29.0 Å². The van der Waals surface area contributed by atoms with Crippen LogP contribution in [0, 0.1) is 6.92 Å². The van der Waals surface area contributed by atoms with Gasteiger partial charge < -0.3 is 15.2 Å². The number of benzene rings is 2. The molecule has 0 spiro atoms. The number of hydrogen-bond donors (Lipinski definition) is 2. The summed E-state index contributed by atoms with van der Waals surface area (Å²) in [4.78, 5) is 24.9. The second-order valence-electron chi connectivity index (χ2n) is 6.78. The first kappa shape index (κ1) is 23.8. The minimum atomic E-state index is -0.272. The lowest BCUT2D eigenvalue weighted by Crippen LogP contribution is -2.18. The Kier molecular flexibility index (Phi) is 8.33. The molecule has 2 N–H and O–H groups in total. The molecular formula is C22H21Cl2N5O2S. The average Bonchev–Trinajstić information content (AvgIpc) is 3.13.